The van der Waals surface area contributed by atoms with E-state index in [1.54, 1.807) is 30.5 Å². The number of nitrogens with zero attached hydrogens (tertiary/aromatic N) is 5. The molecular formula is C31H24F6N6O2S. The SMILES string of the molecule is Cc1cccc(C)c1N=C(N/N=C\c1ccc(-c2ncn(-c3ccc(OC(F)(F)F)cc3)n2)cc1)SCc1ccc(C(F)(F)F)o1. The summed E-state index contributed by atoms with van der Waals surface area (Å²) in [6, 6.07) is 20.2. The lowest BCUT2D eigenvalue weighted by Gasteiger charge is -2.09. The summed E-state index contributed by atoms with van der Waals surface area (Å²) >= 11 is 1.14. The third kappa shape index (κ3) is 8.56. The molecule has 2 heterocycles. The molecule has 0 saturated heterocycles. The van der Waals surface area contributed by atoms with Crippen LogP contribution < -0.4 is 10.2 Å². The number of aromatic nitrogens is 3. The van der Waals surface area contributed by atoms with Crippen LogP contribution in [-0.4, -0.2) is 32.5 Å². The molecule has 2 aromatic heterocycles. The minimum Gasteiger partial charge on any atom is -0.456 e. The van der Waals surface area contributed by atoms with Crippen molar-refractivity contribution in [3.05, 3.63) is 113 Å². The maximum absolute atomic E-state index is 13.0. The first-order valence-corrected chi connectivity index (χ1v) is 14.4. The molecule has 0 aliphatic rings. The van der Waals surface area contributed by atoms with E-state index in [1.165, 1.54) is 41.3 Å². The van der Waals surface area contributed by atoms with E-state index in [9.17, 15) is 26.3 Å². The summed E-state index contributed by atoms with van der Waals surface area (Å²) in [5.41, 5.74) is 7.32. The van der Waals surface area contributed by atoms with Gasteiger partial charge in [-0.1, -0.05) is 54.2 Å². The Balaban J connectivity index is 1.26. The van der Waals surface area contributed by atoms with Crippen molar-refractivity contribution < 1.29 is 35.5 Å². The molecule has 0 bridgehead atoms. The van der Waals surface area contributed by atoms with Gasteiger partial charge in [0.2, 0.25) is 5.76 Å². The van der Waals surface area contributed by atoms with Crippen molar-refractivity contribution in [1.82, 2.24) is 20.2 Å². The molecule has 8 nitrogen and oxygen atoms in total. The van der Waals surface area contributed by atoms with Gasteiger partial charge in [-0.2, -0.15) is 18.3 Å². The molecule has 0 radical (unpaired) electrons. The van der Waals surface area contributed by atoms with Crippen LogP contribution in [0.5, 0.6) is 5.75 Å². The number of ether oxygens (including phenoxy) is 1. The zero-order valence-corrected chi connectivity index (χ0v) is 24.9. The van der Waals surface area contributed by atoms with E-state index in [2.05, 4.69) is 30.3 Å². The van der Waals surface area contributed by atoms with Crippen LogP contribution in [-0.2, 0) is 11.9 Å². The van der Waals surface area contributed by atoms with Gasteiger partial charge in [0.05, 0.1) is 23.3 Å². The second kappa shape index (κ2) is 13.5. The molecule has 15 heteroatoms. The molecule has 46 heavy (non-hydrogen) atoms. The van der Waals surface area contributed by atoms with Crippen molar-refractivity contribution in [3.63, 3.8) is 0 Å². The smallest absolute Gasteiger partial charge is 0.456 e. The van der Waals surface area contributed by atoms with Gasteiger partial charge in [0.25, 0.3) is 0 Å². The number of aryl methyl sites for hydroxylation is 2. The number of benzene rings is 3. The third-order valence-corrected chi connectivity index (χ3v) is 7.20. The first-order chi connectivity index (χ1) is 21.8. The van der Waals surface area contributed by atoms with E-state index in [-0.39, 0.29) is 17.3 Å². The predicted molar refractivity (Wildman–Crippen MR) is 162 cm³/mol. The van der Waals surface area contributed by atoms with Crippen LogP contribution in [0.25, 0.3) is 17.1 Å². The monoisotopic (exact) mass is 658 g/mol. The molecule has 0 aliphatic carbocycles. The van der Waals surface area contributed by atoms with Crippen molar-refractivity contribution in [1.29, 1.82) is 0 Å². The molecule has 0 amide bonds. The Kier molecular flexibility index (Phi) is 9.51. The molecular weight excluding hydrogens is 634 g/mol. The highest BCUT2D eigenvalue weighted by Gasteiger charge is 2.34. The van der Waals surface area contributed by atoms with Crippen molar-refractivity contribution in [2.45, 2.75) is 32.1 Å². The Bertz CT molecular complexity index is 1820. The molecule has 238 valence electrons. The van der Waals surface area contributed by atoms with Crippen LogP contribution in [0.3, 0.4) is 0 Å². The fourth-order valence-corrected chi connectivity index (χ4v) is 4.83. The van der Waals surface area contributed by atoms with Gasteiger partial charge in [-0.25, -0.2) is 14.7 Å². The number of amidine groups is 1. The fourth-order valence-electron chi connectivity index (χ4n) is 4.12. The molecule has 0 fully saturated rings. The molecule has 0 atom stereocenters. The van der Waals surface area contributed by atoms with Gasteiger partial charge in [-0.05, 0) is 66.9 Å². The highest BCUT2D eigenvalue weighted by atomic mass is 32.2. The van der Waals surface area contributed by atoms with Crippen LogP contribution in [0.15, 0.2) is 99.7 Å². The lowest BCUT2D eigenvalue weighted by atomic mass is 10.1. The number of rotatable bonds is 8. The average molecular weight is 659 g/mol. The summed E-state index contributed by atoms with van der Waals surface area (Å²) in [5, 5.41) is 9.02. The van der Waals surface area contributed by atoms with E-state index in [0.717, 1.165) is 29.0 Å². The Morgan fingerprint density at radius 2 is 1.63 bits per heavy atom. The number of alkyl halides is 6. The summed E-state index contributed by atoms with van der Waals surface area (Å²) in [4.78, 5) is 8.96. The second-order valence-corrected chi connectivity index (χ2v) is 10.7. The van der Waals surface area contributed by atoms with Gasteiger partial charge >= 0.3 is 12.5 Å². The first kappa shape index (κ1) is 32.3. The van der Waals surface area contributed by atoms with Gasteiger partial charge < -0.3 is 9.15 Å². The molecule has 1 N–H and O–H groups in total. The summed E-state index contributed by atoms with van der Waals surface area (Å²) in [7, 11) is 0. The zero-order chi connectivity index (χ0) is 32.9. The number of hydrazone groups is 1. The van der Waals surface area contributed by atoms with Crippen molar-refractivity contribution >= 4 is 28.8 Å². The van der Waals surface area contributed by atoms with Crippen LogP contribution in [0, 0.1) is 13.8 Å². The minimum absolute atomic E-state index is 0.0855. The van der Waals surface area contributed by atoms with E-state index in [0.29, 0.717) is 33.5 Å². The Labute approximate surface area is 262 Å². The third-order valence-electron chi connectivity index (χ3n) is 6.31. The molecule has 0 saturated carbocycles. The van der Waals surface area contributed by atoms with Gasteiger partial charge in [0.15, 0.2) is 11.0 Å². The van der Waals surface area contributed by atoms with Crippen molar-refractivity contribution in [2.24, 2.45) is 10.1 Å². The Morgan fingerprint density at radius 1 is 0.935 bits per heavy atom. The summed E-state index contributed by atoms with van der Waals surface area (Å²) < 4.78 is 86.4. The topological polar surface area (TPSA) is 89.8 Å². The van der Waals surface area contributed by atoms with Gasteiger partial charge in [0.1, 0.15) is 17.8 Å². The van der Waals surface area contributed by atoms with Crippen LogP contribution in [0.1, 0.15) is 28.2 Å². The average Bonchev–Trinajstić information content (AvgIpc) is 3.68. The summed E-state index contributed by atoms with van der Waals surface area (Å²) in [6.45, 7) is 3.81. The van der Waals surface area contributed by atoms with Crippen molar-refractivity contribution in [2.75, 3.05) is 0 Å². The molecule has 0 unspecified atom stereocenters. The number of halogens is 6. The van der Waals surface area contributed by atoms with Gasteiger partial charge in [0, 0.05) is 5.56 Å². The lowest BCUT2D eigenvalue weighted by Crippen LogP contribution is -2.17. The number of thioether (sulfide) groups is 1. The second-order valence-electron chi connectivity index (χ2n) is 9.76. The number of furan rings is 1. The standard InChI is InChI=1S/C31H24F6N6O2S/c1-19-4-3-5-20(2)27(19)40-29(46-17-25-14-15-26(44-25)30(32,33)34)41-39-16-21-6-8-22(9-7-21)28-38-18-43(42-28)23-10-12-24(13-11-23)45-31(35,36)37/h3-16,18H,17H2,1-2H3,(H,40,41)/b39-16-. The summed E-state index contributed by atoms with van der Waals surface area (Å²) in [6.07, 6.45) is -6.36. The molecule has 3 aromatic carbocycles. The van der Waals surface area contributed by atoms with Gasteiger partial charge in [-0.3, -0.25) is 5.43 Å². The molecule has 5 aromatic rings. The lowest BCUT2D eigenvalue weighted by molar-refractivity contribution is -0.274. The largest absolute Gasteiger partial charge is 0.573 e. The number of aliphatic imine (C=N–C) groups is 1. The number of nitrogens with one attached hydrogen (secondary N) is 1. The van der Waals surface area contributed by atoms with E-state index >= 15 is 0 Å². The molecule has 5 rings (SSSR count). The van der Waals surface area contributed by atoms with E-state index in [1.807, 2.05) is 32.0 Å². The maximum atomic E-state index is 13.0. The zero-order valence-electron chi connectivity index (χ0n) is 24.1. The van der Waals surface area contributed by atoms with Crippen LogP contribution in [0.4, 0.5) is 32.0 Å². The quantitative estimate of drug-likeness (QED) is 0.0778. The van der Waals surface area contributed by atoms with Crippen LogP contribution in [0.2, 0.25) is 0 Å². The minimum atomic E-state index is -4.78. The van der Waals surface area contributed by atoms with E-state index < -0.39 is 18.3 Å². The van der Waals surface area contributed by atoms with Gasteiger partial charge in [-0.15, -0.1) is 18.3 Å². The number of para-hydroxylation sites is 1. The highest BCUT2D eigenvalue weighted by Crippen LogP contribution is 2.32. The molecule has 0 aliphatic heterocycles. The highest BCUT2D eigenvalue weighted by molar-refractivity contribution is 8.13. The van der Waals surface area contributed by atoms with Crippen LogP contribution >= 0.6 is 11.8 Å². The number of hydrogen-bond donors (Lipinski definition) is 1. The molecule has 0 spiro atoms. The fraction of sp³-hybridized carbons (Fsp3) is 0.161. The predicted octanol–water partition coefficient (Wildman–Crippen LogP) is 8.61. The number of hydrogen-bond acceptors (Lipinski definition) is 7. The van der Waals surface area contributed by atoms with E-state index in [4.69, 9.17) is 4.42 Å². The maximum Gasteiger partial charge on any atom is 0.573 e. The first-order valence-electron chi connectivity index (χ1n) is 13.4. The Morgan fingerprint density at radius 3 is 2.26 bits per heavy atom. The summed E-state index contributed by atoms with van der Waals surface area (Å²) in [5.74, 6) is -0.800. The van der Waals surface area contributed by atoms with Crippen molar-refractivity contribution in [3.8, 4) is 22.8 Å². The normalized spacial score (nSPS) is 12.6. The Hall–Kier alpha value is -5.05.